The molecule has 5 nitrogen and oxygen atoms in total. The van der Waals surface area contributed by atoms with Crippen molar-refractivity contribution in [2.45, 2.75) is 58.9 Å². The number of nitrogens with zero attached hydrogens (tertiary/aromatic N) is 3. The molecule has 0 aliphatic carbocycles. The van der Waals surface area contributed by atoms with E-state index in [1.54, 1.807) is 12.1 Å². The summed E-state index contributed by atoms with van der Waals surface area (Å²) < 4.78 is 44.1. The molecular weight excluding hydrogens is 428 g/mol. The van der Waals surface area contributed by atoms with Gasteiger partial charge in [-0.3, -0.25) is 0 Å². The van der Waals surface area contributed by atoms with Crippen LogP contribution in [-0.4, -0.2) is 16.9 Å². The summed E-state index contributed by atoms with van der Waals surface area (Å²) in [4.78, 5) is 0. The van der Waals surface area contributed by atoms with Crippen LogP contribution in [0.4, 0.5) is 24.5 Å². The Balaban J connectivity index is 0.000000914. The zero-order chi connectivity index (χ0) is 24.4. The third-order valence-electron chi connectivity index (χ3n) is 5.05. The molecule has 1 N–H and O–H groups in total. The Bertz CT molecular complexity index is 1040. The van der Waals surface area contributed by atoms with E-state index in [4.69, 9.17) is 9.68 Å². The van der Waals surface area contributed by atoms with Gasteiger partial charge in [0, 0.05) is 17.6 Å². The second kappa shape index (κ2) is 12.1. The third kappa shape index (κ3) is 6.61. The van der Waals surface area contributed by atoms with Gasteiger partial charge < -0.3 is 9.73 Å². The van der Waals surface area contributed by atoms with Crippen molar-refractivity contribution in [3.05, 3.63) is 60.0 Å². The van der Waals surface area contributed by atoms with Crippen LogP contribution in [-0.2, 0) is 6.18 Å². The molecule has 1 unspecified atom stereocenters. The Hall–Kier alpha value is -3.28. The Morgan fingerprint density at radius 2 is 1.70 bits per heavy atom. The number of para-hydroxylation sites is 1. The van der Waals surface area contributed by atoms with E-state index in [-0.39, 0.29) is 12.6 Å². The summed E-state index contributed by atoms with van der Waals surface area (Å²) in [5, 5.41) is 20.5. The van der Waals surface area contributed by atoms with Gasteiger partial charge in [0.25, 0.3) is 6.71 Å². The predicted octanol–water partition coefficient (Wildman–Crippen LogP) is 7.60. The van der Waals surface area contributed by atoms with Crippen LogP contribution in [0.5, 0.6) is 0 Å². The van der Waals surface area contributed by atoms with Gasteiger partial charge in [0.15, 0.2) is 0 Å². The Morgan fingerprint density at radius 3 is 2.30 bits per heavy atom. The van der Waals surface area contributed by atoms with Crippen LogP contribution in [0.25, 0.3) is 11.5 Å². The highest BCUT2D eigenvalue weighted by Gasteiger charge is 2.33. The topological polar surface area (TPSA) is 74.7 Å². The molecule has 2 aromatic carbocycles. The highest BCUT2D eigenvalue weighted by molar-refractivity contribution is 6.67. The first kappa shape index (κ1) is 26.0. The van der Waals surface area contributed by atoms with Gasteiger partial charge in [-0.1, -0.05) is 46.1 Å². The number of benzene rings is 2. The lowest BCUT2D eigenvalue weighted by Gasteiger charge is -2.11. The maximum Gasteiger partial charge on any atom is 0.416 e. The average Bonchev–Trinajstić information content (AvgIpc) is 3.52. The SMILES string of the molecule is CC.CC.N#CB1CCC(c2nnc(-c3ccccc3Nc3ccc(C(F)(F)F)cc3)o2)C1. The van der Waals surface area contributed by atoms with E-state index in [1.807, 2.05) is 39.8 Å². The molecule has 2 heterocycles. The van der Waals surface area contributed by atoms with Crippen molar-refractivity contribution in [3.8, 4) is 17.4 Å². The van der Waals surface area contributed by atoms with Crippen LogP contribution < -0.4 is 5.32 Å². The summed E-state index contributed by atoms with van der Waals surface area (Å²) in [6, 6.07) is 12.0. The smallest absolute Gasteiger partial charge is 0.416 e. The first-order chi connectivity index (χ1) is 15.9. The molecular formula is C24H28BF3N4O. The summed E-state index contributed by atoms with van der Waals surface area (Å²) >= 11 is 0. The number of hydrogen-bond acceptors (Lipinski definition) is 5. The molecule has 33 heavy (non-hydrogen) atoms. The van der Waals surface area contributed by atoms with Crippen molar-refractivity contribution < 1.29 is 17.6 Å². The zero-order valence-electron chi connectivity index (χ0n) is 19.3. The highest BCUT2D eigenvalue weighted by atomic mass is 19.4. The number of alkyl halides is 3. The fourth-order valence-electron chi connectivity index (χ4n) is 3.51. The van der Waals surface area contributed by atoms with Gasteiger partial charge in [-0.2, -0.15) is 13.2 Å². The van der Waals surface area contributed by atoms with Crippen molar-refractivity contribution in [2.75, 3.05) is 5.32 Å². The number of rotatable bonds is 4. The normalized spacial score (nSPS) is 15.0. The monoisotopic (exact) mass is 456 g/mol. The quantitative estimate of drug-likeness (QED) is 0.409. The number of anilines is 2. The summed E-state index contributed by atoms with van der Waals surface area (Å²) in [7, 11) is 0. The summed E-state index contributed by atoms with van der Waals surface area (Å²) in [6.45, 7) is 8.02. The number of halogens is 3. The van der Waals surface area contributed by atoms with Gasteiger partial charge in [0.05, 0.1) is 16.8 Å². The summed E-state index contributed by atoms with van der Waals surface area (Å²) in [5.74, 6) is 3.21. The minimum absolute atomic E-state index is 0.0176. The predicted molar refractivity (Wildman–Crippen MR) is 125 cm³/mol. The van der Waals surface area contributed by atoms with E-state index in [0.29, 0.717) is 35.0 Å². The Kier molecular flexibility index (Phi) is 9.52. The first-order valence-electron chi connectivity index (χ1n) is 11.2. The minimum atomic E-state index is -4.37. The molecule has 0 saturated carbocycles. The van der Waals surface area contributed by atoms with Crippen LogP contribution in [0.15, 0.2) is 52.9 Å². The Labute approximate surface area is 193 Å². The van der Waals surface area contributed by atoms with Crippen LogP contribution in [0.1, 0.15) is 51.5 Å². The fourth-order valence-corrected chi connectivity index (χ4v) is 3.51. The number of nitrogens with one attached hydrogen (secondary N) is 1. The fraction of sp³-hybridized carbons (Fsp3) is 0.375. The zero-order valence-corrected chi connectivity index (χ0v) is 19.3. The lowest BCUT2D eigenvalue weighted by molar-refractivity contribution is -0.137. The molecule has 174 valence electrons. The molecule has 1 atom stereocenters. The highest BCUT2D eigenvalue weighted by Crippen LogP contribution is 2.37. The van der Waals surface area contributed by atoms with E-state index in [1.165, 1.54) is 12.1 Å². The van der Waals surface area contributed by atoms with E-state index in [0.717, 1.165) is 24.9 Å². The van der Waals surface area contributed by atoms with E-state index < -0.39 is 11.7 Å². The van der Waals surface area contributed by atoms with Crippen LogP contribution in [0, 0.1) is 11.2 Å². The van der Waals surface area contributed by atoms with Crippen molar-refractivity contribution in [1.29, 1.82) is 5.26 Å². The standard InChI is InChI=1S/C20H16BF3N4O.2C2H6/c22-20(23,24)14-5-7-15(8-6-14)26-17-4-2-1-3-16(17)19-28-27-18(29-19)13-9-10-21(11-13)12-25;2*1-2/h1-8,13,26H,9-11H2;2*1-2H3. The molecule has 4 rings (SSSR count). The van der Waals surface area contributed by atoms with Gasteiger partial charge in [0.2, 0.25) is 11.8 Å². The van der Waals surface area contributed by atoms with Gasteiger partial charge >= 0.3 is 6.18 Å². The summed E-state index contributed by atoms with van der Waals surface area (Å²) in [5.41, 5.74) is 1.10. The van der Waals surface area contributed by atoms with Crippen LogP contribution >= 0.6 is 0 Å². The summed E-state index contributed by atoms with van der Waals surface area (Å²) in [6.07, 6.45) is -2.00. The van der Waals surface area contributed by atoms with Gasteiger partial charge in [0.1, 0.15) is 0 Å². The van der Waals surface area contributed by atoms with Crippen LogP contribution in [0.2, 0.25) is 12.6 Å². The Morgan fingerprint density at radius 1 is 1.03 bits per heavy atom. The van der Waals surface area contributed by atoms with Gasteiger partial charge in [-0.05, 0) is 49.1 Å². The molecule has 1 fully saturated rings. The minimum Gasteiger partial charge on any atom is -0.420 e. The molecule has 1 aliphatic rings. The molecule has 1 aromatic heterocycles. The average molecular weight is 456 g/mol. The number of hydrogen-bond donors (Lipinski definition) is 1. The molecule has 0 radical (unpaired) electrons. The molecule has 9 heteroatoms. The van der Waals surface area contributed by atoms with Crippen molar-refractivity contribution >= 4 is 18.1 Å². The van der Waals surface area contributed by atoms with Gasteiger partial charge in [-0.15, -0.1) is 10.2 Å². The number of aromatic nitrogens is 2. The first-order valence-corrected chi connectivity index (χ1v) is 11.2. The maximum atomic E-state index is 12.7. The van der Waals surface area contributed by atoms with E-state index >= 15 is 0 Å². The van der Waals surface area contributed by atoms with Crippen molar-refractivity contribution in [2.24, 2.45) is 0 Å². The number of nitriles is 1. The van der Waals surface area contributed by atoms with Gasteiger partial charge in [-0.25, -0.2) is 5.26 Å². The van der Waals surface area contributed by atoms with Crippen molar-refractivity contribution in [1.82, 2.24) is 10.2 Å². The van der Waals surface area contributed by atoms with Crippen LogP contribution in [0.3, 0.4) is 0 Å². The lowest BCUT2D eigenvalue weighted by Crippen LogP contribution is -2.04. The molecule has 0 spiro atoms. The lowest BCUT2D eigenvalue weighted by atomic mass is 9.50. The molecule has 3 aromatic rings. The van der Waals surface area contributed by atoms with Crippen molar-refractivity contribution in [3.63, 3.8) is 0 Å². The third-order valence-corrected chi connectivity index (χ3v) is 5.05. The van der Waals surface area contributed by atoms with E-state index in [9.17, 15) is 13.2 Å². The molecule has 0 bridgehead atoms. The second-order valence-electron chi connectivity index (χ2n) is 7.03. The van der Waals surface area contributed by atoms with E-state index in [2.05, 4.69) is 21.5 Å². The molecule has 0 amide bonds. The molecule has 1 saturated heterocycles. The maximum absolute atomic E-state index is 12.7. The molecule has 1 aliphatic heterocycles. The largest absolute Gasteiger partial charge is 0.420 e. The second-order valence-corrected chi connectivity index (χ2v) is 7.03.